The number of sulfonamides is 1. The molecule has 0 aliphatic carbocycles. The molecule has 0 aliphatic rings. The van der Waals surface area contributed by atoms with Gasteiger partial charge in [0.25, 0.3) is 15.9 Å². The van der Waals surface area contributed by atoms with Crippen molar-refractivity contribution in [3.05, 3.63) is 76.9 Å². The van der Waals surface area contributed by atoms with Crippen LogP contribution in [-0.4, -0.2) is 28.5 Å². The summed E-state index contributed by atoms with van der Waals surface area (Å²) in [7, 11) is -0.826. The van der Waals surface area contributed by atoms with Crippen LogP contribution >= 0.6 is 0 Å². The van der Waals surface area contributed by atoms with Crippen LogP contribution in [0.25, 0.3) is 0 Å². The molecule has 0 unspecified atom stereocenters. The number of hydrogen-bond donors (Lipinski definition) is 2. The molecular formula is C24H26N2O5S. The number of carbonyl (C=O) groups excluding carboxylic acids is 1. The fourth-order valence-corrected chi connectivity index (χ4v) is 4.37. The van der Waals surface area contributed by atoms with E-state index in [1.165, 1.54) is 26.4 Å². The van der Waals surface area contributed by atoms with Gasteiger partial charge < -0.3 is 14.8 Å². The number of anilines is 2. The molecule has 3 aromatic rings. The summed E-state index contributed by atoms with van der Waals surface area (Å²) in [5.74, 6) is 0.601. The molecule has 1 amide bonds. The molecule has 3 aromatic carbocycles. The van der Waals surface area contributed by atoms with Crippen molar-refractivity contribution < 1.29 is 22.7 Å². The quantitative estimate of drug-likeness (QED) is 0.541. The molecule has 0 spiro atoms. The molecule has 3 rings (SSSR count). The summed E-state index contributed by atoms with van der Waals surface area (Å²) < 4.78 is 39.0. The molecule has 0 aliphatic heterocycles. The van der Waals surface area contributed by atoms with Gasteiger partial charge in [-0.3, -0.25) is 9.52 Å². The number of aryl methyl sites for hydroxylation is 3. The lowest BCUT2D eigenvalue weighted by atomic mass is 10.1. The molecule has 0 heterocycles. The van der Waals surface area contributed by atoms with Gasteiger partial charge in [-0.1, -0.05) is 24.3 Å². The Kier molecular flexibility index (Phi) is 6.74. The standard InChI is InChI=1S/C24H26N2O5S/c1-15-10-11-18(32(28,29)26-20-9-7-6-8-16(20)2)13-19(15)24(27)25-21-14-23(31-5)22(30-4)12-17(21)3/h6-14,26H,1-5H3,(H,25,27). The smallest absolute Gasteiger partial charge is 0.261 e. The minimum Gasteiger partial charge on any atom is -0.493 e. The van der Waals surface area contributed by atoms with E-state index in [4.69, 9.17) is 9.47 Å². The second kappa shape index (κ2) is 9.32. The van der Waals surface area contributed by atoms with E-state index in [0.717, 1.165) is 11.1 Å². The highest BCUT2D eigenvalue weighted by Gasteiger charge is 2.20. The van der Waals surface area contributed by atoms with Crippen molar-refractivity contribution in [2.24, 2.45) is 0 Å². The fraction of sp³-hybridized carbons (Fsp3) is 0.208. The molecule has 0 radical (unpaired) electrons. The molecule has 0 atom stereocenters. The third-order valence-electron chi connectivity index (χ3n) is 5.13. The van der Waals surface area contributed by atoms with E-state index in [-0.39, 0.29) is 10.5 Å². The SMILES string of the molecule is COc1cc(C)c(NC(=O)c2cc(S(=O)(=O)Nc3ccccc3C)ccc2C)cc1OC. The summed E-state index contributed by atoms with van der Waals surface area (Å²) in [5, 5.41) is 2.84. The highest BCUT2D eigenvalue weighted by molar-refractivity contribution is 7.92. The molecule has 32 heavy (non-hydrogen) atoms. The van der Waals surface area contributed by atoms with Crippen LogP contribution in [0.2, 0.25) is 0 Å². The molecule has 8 heteroatoms. The Morgan fingerprint density at radius 3 is 2.09 bits per heavy atom. The number of hydrogen-bond acceptors (Lipinski definition) is 5. The van der Waals surface area contributed by atoms with Crippen LogP contribution in [0, 0.1) is 20.8 Å². The van der Waals surface area contributed by atoms with E-state index in [2.05, 4.69) is 10.0 Å². The lowest BCUT2D eigenvalue weighted by molar-refractivity contribution is 0.102. The maximum Gasteiger partial charge on any atom is 0.261 e. The fourth-order valence-electron chi connectivity index (χ4n) is 3.21. The van der Waals surface area contributed by atoms with Crippen LogP contribution < -0.4 is 19.5 Å². The normalized spacial score (nSPS) is 11.0. The second-order valence-electron chi connectivity index (χ2n) is 7.37. The Bertz CT molecular complexity index is 1270. The largest absolute Gasteiger partial charge is 0.493 e. The van der Waals surface area contributed by atoms with Crippen molar-refractivity contribution in [2.75, 3.05) is 24.3 Å². The third-order valence-corrected chi connectivity index (χ3v) is 6.50. The van der Waals surface area contributed by atoms with E-state index in [9.17, 15) is 13.2 Å². The monoisotopic (exact) mass is 454 g/mol. The van der Waals surface area contributed by atoms with Crippen LogP contribution in [0.5, 0.6) is 11.5 Å². The van der Waals surface area contributed by atoms with Crippen molar-refractivity contribution >= 4 is 27.3 Å². The number of methoxy groups -OCH3 is 2. The number of ether oxygens (including phenoxy) is 2. The van der Waals surface area contributed by atoms with Gasteiger partial charge in [0.1, 0.15) is 0 Å². The second-order valence-corrected chi connectivity index (χ2v) is 9.06. The van der Waals surface area contributed by atoms with Crippen molar-refractivity contribution in [3.8, 4) is 11.5 Å². The highest BCUT2D eigenvalue weighted by Crippen LogP contribution is 2.33. The van der Waals surface area contributed by atoms with Gasteiger partial charge in [-0.05, 0) is 61.7 Å². The third kappa shape index (κ3) is 4.86. The minimum atomic E-state index is -3.88. The topological polar surface area (TPSA) is 93.7 Å². The molecule has 0 fully saturated rings. The molecular weight excluding hydrogens is 428 g/mol. The Balaban J connectivity index is 1.92. The van der Waals surface area contributed by atoms with Gasteiger partial charge >= 0.3 is 0 Å². The summed E-state index contributed by atoms with van der Waals surface area (Å²) in [6.45, 7) is 5.40. The molecule has 2 N–H and O–H groups in total. The van der Waals surface area contributed by atoms with Crippen molar-refractivity contribution in [1.29, 1.82) is 0 Å². The van der Waals surface area contributed by atoms with Gasteiger partial charge in [0.05, 0.1) is 24.8 Å². The zero-order valence-corrected chi connectivity index (χ0v) is 19.5. The van der Waals surface area contributed by atoms with Crippen LogP contribution in [0.1, 0.15) is 27.0 Å². The molecule has 7 nitrogen and oxygen atoms in total. The van der Waals surface area contributed by atoms with Gasteiger partial charge in [0.15, 0.2) is 11.5 Å². The molecule has 0 aromatic heterocycles. The Morgan fingerprint density at radius 2 is 1.44 bits per heavy atom. The average Bonchev–Trinajstić information content (AvgIpc) is 2.76. The first kappa shape index (κ1) is 23.1. The Morgan fingerprint density at radius 1 is 0.781 bits per heavy atom. The highest BCUT2D eigenvalue weighted by atomic mass is 32.2. The van der Waals surface area contributed by atoms with Crippen LogP contribution in [0.3, 0.4) is 0 Å². The van der Waals surface area contributed by atoms with E-state index in [1.54, 1.807) is 37.3 Å². The van der Waals surface area contributed by atoms with Crippen LogP contribution in [0.15, 0.2) is 59.5 Å². The van der Waals surface area contributed by atoms with Crippen LogP contribution in [-0.2, 0) is 10.0 Å². The number of rotatable bonds is 7. The number of benzene rings is 3. The van der Waals surface area contributed by atoms with Crippen molar-refractivity contribution in [2.45, 2.75) is 25.7 Å². The summed E-state index contributed by atoms with van der Waals surface area (Å²) in [4.78, 5) is 13.0. The average molecular weight is 455 g/mol. The molecule has 0 saturated carbocycles. The first-order valence-corrected chi connectivity index (χ1v) is 11.4. The summed E-state index contributed by atoms with van der Waals surface area (Å²) in [6, 6.07) is 15.0. The van der Waals surface area contributed by atoms with Crippen LogP contribution in [0.4, 0.5) is 11.4 Å². The van der Waals surface area contributed by atoms with Gasteiger partial charge in [0, 0.05) is 17.3 Å². The van der Waals surface area contributed by atoms with E-state index in [1.807, 2.05) is 26.0 Å². The van der Waals surface area contributed by atoms with E-state index < -0.39 is 15.9 Å². The number of carbonyl (C=O) groups is 1. The Hall–Kier alpha value is -3.52. The summed E-state index contributed by atoms with van der Waals surface area (Å²) >= 11 is 0. The number of nitrogens with one attached hydrogen (secondary N) is 2. The Labute approximate surface area is 188 Å². The van der Waals surface area contributed by atoms with Crippen molar-refractivity contribution in [1.82, 2.24) is 0 Å². The molecule has 0 bridgehead atoms. The first-order valence-electron chi connectivity index (χ1n) is 9.89. The maximum atomic E-state index is 13.0. The molecule has 168 valence electrons. The zero-order valence-electron chi connectivity index (χ0n) is 18.6. The first-order chi connectivity index (χ1) is 15.2. The van der Waals surface area contributed by atoms with Gasteiger partial charge in [-0.25, -0.2) is 8.42 Å². The van der Waals surface area contributed by atoms with Gasteiger partial charge in [0.2, 0.25) is 0 Å². The lowest BCUT2D eigenvalue weighted by Gasteiger charge is -2.15. The maximum absolute atomic E-state index is 13.0. The lowest BCUT2D eigenvalue weighted by Crippen LogP contribution is -2.18. The van der Waals surface area contributed by atoms with Crippen molar-refractivity contribution in [3.63, 3.8) is 0 Å². The number of para-hydroxylation sites is 1. The van der Waals surface area contributed by atoms with Gasteiger partial charge in [-0.2, -0.15) is 0 Å². The van der Waals surface area contributed by atoms with E-state index >= 15 is 0 Å². The minimum absolute atomic E-state index is 0.000497. The number of amides is 1. The zero-order chi connectivity index (χ0) is 23.5. The summed E-state index contributed by atoms with van der Waals surface area (Å²) in [5.41, 5.74) is 3.50. The predicted molar refractivity (Wildman–Crippen MR) is 125 cm³/mol. The molecule has 0 saturated heterocycles. The van der Waals surface area contributed by atoms with Gasteiger partial charge in [-0.15, -0.1) is 0 Å². The predicted octanol–water partition coefficient (Wildman–Crippen LogP) is 4.68. The van der Waals surface area contributed by atoms with E-state index in [0.29, 0.717) is 28.4 Å². The summed E-state index contributed by atoms with van der Waals surface area (Å²) in [6.07, 6.45) is 0.